The van der Waals surface area contributed by atoms with Gasteiger partial charge in [-0.3, -0.25) is 4.79 Å². The second kappa shape index (κ2) is 3.02. The summed E-state index contributed by atoms with van der Waals surface area (Å²) in [5, 5.41) is 0. The van der Waals surface area contributed by atoms with E-state index in [1.54, 1.807) is 0 Å². The summed E-state index contributed by atoms with van der Waals surface area (Å²) in [6.07, 6.45) is -5.86. The summed E-state index contributed by atoms with van der Waals surface area (Å²) in [4.78, 5) is 11.1. The van der Waals surface area contributed by atoms with Crippen molar-refractivity contribution in [1.82, 2.24) is 0 Å². The topological polar surface area (TPSA) is 17.1 Å². The molecule has 1 atom stereocenters. The van der Waals surface area contributed by atoms with Gasteiger partial charge in [-0.05, 0) is 0 Å². The number of hydrogen-bond acceptors (Lipinski definition) is 1. The Labute approximate surface area is 91.0 Å². The van der Waals surface area contributed by atoms with Gasteiger partial charge >= 0.3 is 17.8 Å². The second-order valence-corrected chi connectivity index (χ2v) is 3.61. The van der Waals surface area contributed by atoms with E-state index < -0.39 is 34.7 Å². The lowest BCUT2D eigenvalue weighted by Gasteiger charge is -2.28. The minimum absolute atomic E-state index is 0.543. The molecule has 0 saturated carbocycles. The van der Waals surface area contributed by atoms with Crippen LogP contribution in [-0.4, -0.2) is 17.9 Å². The molecule has 0 heterocycles. The summed E-state index contributed by atoms with van der Waals surface area (Å²) in [5.74, 6) is -7.28. The third kappa shape index (κ3) is 1.19. The van der Waals surface area contributed by atoms with Crippen molar-refractivity contribution in [2.24, 2.45) is 0 Å². The molecule has 0 fully saturated rings. The van der Waals surface area contributed by atoms with E-state index in [2.05, 4.69) is 0 Å². The summed E-state index contributed by atoms with van der Waals surface area (Å²) < 4.78 is 77.7. The number of benzene rings is 1. The zero-order valence-electron chi connectivity index (χ0n) is 7.99. The van der Waals surface area contributed by atoms with Crippen molar-refractivity contribution in [3.63, 3.8) is 0 Å². The maximum Gasteiger partial charge on any atom is 0.433 e. The number of alkyl halides is 6. The molecule has 0 amide bonds. The first kappa shape index (κ1) is 11.9. The summed E-state index contributed by atoms with van der Waals surface area (Å²) >= 11 is 0. The van der Waals surface area contributed by atoms with E-state index in [9.17, 15) is 31.1 Å². The van der Waals surface area contributed by atoms with Gasteiger partial charge in [0.1, 0.15) is 0 Å². The van der Waals surface area contributed by atoms with Gasteiger partial charge < -0.3 is 0 Å². The van der Waals surface area contributed by atoms with Crippen LogP contribution >= 0.6 is 0 Å². The van der Waals surface area contributed by atoms with E-state index in [0.29, 0.717) is 6.07 Å². The lowest BCUT2D eigenvalue weighted by molar-refractivity contribution is -0.289. The molecule has 1 aromatic rings. The van der Waals surface area contributed by atoms with Gasteiger partial charge in [0.2, 0.25) is 5.78 Å². The van der Waals surface area contributed by atoms with E-state index in [1.165, 1.54) is 0 Å². The van der Waals surface area contributed by atoms with Gasteiger partial charge in [0, 0.05) is 11.1 Å². The van der Waals surface area contributed by atoms with E-state index in [0.717, 1.165) is 18.2 Å². The van der Waals surface area contributed by atoms with Crippen LogP contribution < -0.4 is 0 Å². The molecule has 0 spiro atoms. The van der Waals surface area contributed by atoms with Crippen molar-refractivity contribution in [3.05, 3.63) is 35.4 Å². The molecule has 0 aromatic heterocycles. The number of Topliss-reactive ketones (excluding diaryl/α,β-unsaturated/α-hetero) is 1. The Hall–Kier alpha value is -1.53. The Balaban J connectivity index is 2.80. The molecule has 1 aliphatic carbocycles. The Morgan fingerprint density at radius 2 is 1.53 bits per heavy atom. The van der Waals surface area contributed by atoms with Crippen LogP contribution in [0.25, 0.3) is 0 Å². The molecular formula is C10H4F6O. The molecule has 1 aromatic carbocycles. The molecule has 92 valence electrons. The van der Waals surface area contributed by atoms with Crippen molar-refractivity contribution in [2.75, 3.05) is 0 Å². The fourth-order valence-corrected chi connectivity index (χ4v) is 1.81. The highest BCUT2D eigenvalue weighted by atomic mass is 19.4. The van der Waals surface area contributed by atoms with Crippen LogP contribution in [0.15, 0.2) is 24.3 Å². The van der Waals surface area contributed by atoms with Crippen LogP contribution in [0.1, 0.15) is 15.9 Å². The second-order valence-electron chi connectivity index (χ2n) is 3.61. The first-order valence-corrected chi connectivity index (χ1v) is 4.42. The maximum absolute atomic E-state index is 13.7. The third-order valence-electron chi connectivity index (χ3n) is 2.65. The largest absolute Gasteiger partial charge is 0.433 e. The third-order valence-corrected chi connectivity index (χ3v) is 2.65. The Bertz CT molecular complexity index is 492. The quantitative estimate of drug-likeness (QED) is 0.649. The van der Waals surface area contributed by atoms with E-state index in [-0.39, 0.29) is 0 Å². The van der Waals surface area contributed by atoms with Crippen molar-refractivity contribution in [1.29, 1.82) is 0 Å². The first-order chi connectivity index (χ1) is 7.64. The average Bonchev–Trinajstić information content (AvgIpc) is 2.39. The molecular weight excluding hydrogens is 250 g/mol. The number of rotatable bonds is 0. The number of carbonyl (C=O) groups excluding carboxylic acids is 1. The summed E-state index contributed by atoms with van der Waals surface area (Å²) in [5.41, 5.74) is -7.21. The maximum atomic E-state index is 13.7. The highest BCUT2D eigenvalue weighted by Crippen LogP contribution is 2.58. The smallest absolute Gasteiger partial charge is 0.287 e. The minimum atomic E-state index is -5.86. The van der Waals surface area contributed by atoms with Crippen LogP contribution in [0.5, 0.6) is 0 Å². The Kier molecular flexibility index (Phi) is 2.12. The van der Waals surface area contributed by atoms with Crippen LogP contribution in [-0.2, 0) is 5.67 Å². The van der Waals surface area contributed by atoms with Crippen LogP contribution in [0.4, 0.5) is 26.3 Å². The van der Waals surface area contributed by atoms with E-state index >= 15 is 0 Å². The summed E-state index contributed by atoms with van der Waals surface area (Å²) in [6, 6.07) is 3.35. The molecule has 0 saturated heterocycles. The van der Waals surface area contributed by atoms with Crippen LogP contribution in [0.3, 0.4) is 0 Å². The number of carbonyl (C=O) groups is 1. The molecule has 0 N–H and O–H groups in total. The molecule has 1 aliphatic rings. The minimum Gasteiger partial charge on any atom is -0.287 e. The number of ketones is 1. The van der Waals surface area contributed by atoms with Crippen LogP contribution in [0.2, 0.25) is 0 Å². The Morgan fingerprint density at radius 3 is 2.06 bits per heavy atom. The molecule has 1 nitrogen and oxygen atoms in total. The van der Waals surface area contributed by atoms with Crippen molar-refractivity contribution in [2.45, 2.75) is 17.8 Å². The predicted octanol–water partition coefficient (Wildman–Crippen LogP) is 3.25. The Morgan fingerprint density at radius 1 is 1.00 bits per heavy atom. The fraction of sp³-hybridized carbons (Fsp3) is 0.300. The number of fused-ring (bicyclic) bond motifs is 1. The average molecular weight is 254 g/mol. The molecule has 1 unspecified atom stereocenters. The highest BCUT2D eigenvalue weighted by molar-refractivity contribution is 6.07. The summed E-state index contributed by atoms with van der Waals surface area (Å²) in [6.45, 7) is 0. The van der Waals surface area contributed by atoms with E-state index in [1.807, 2.05) is 0 Å². The lowest BCUT2D eigenvalue weighted by Crippen LogP contribution is -2.51. The van der Waals surface area contributed by atoms with Crippen LogP contribution in [0, 0.1) is 0 Å². The van der Waals surface area contributed by atoms with E-state index in [4.69, 9.17) is 0 Å². The van der Waals surface area contributed by atoms with Crippen molar-refractivity contribution in [3.8, 4) is 0 Å². The molecule has 0 radical (unpaired) electrons. The summed E-state index contributed by atoms with van der Waals surface area (Å²) in [7, 11) is 0. The highest BCUT2D eigenvalue weighted by Gasteiger charge is 2.79. The first-order valence-electron chi connectivity index (χ1n) is 4.42. The molecule has 2 rings (SSSR count). The standard InChI is InChI=1S/C10H4F6O/c11-8(10(14,15)16)6-4-2-1-3-5(6)7(17)9(8,12)13/h1-4H. The lowest BCUT2D eigenvalue weighted by atomic mass is 9.95. The zero-order valence-corrected chi connectivity index (χ0v) is 7.99. The predicted molar refractivity (Wildman–Crippen MR) is 44.6 cm³/mol. The molecule has 0 aliphatic heterocycles. The molecule has 0 bridgehead atoms. The molecule has 7 heteroatoms. The van der Waals surface area contributed by atoms with Gasteiger partial charge in [0.05, 0.1) is 0 Å². The fourth-order valence-electron chi connectivity index (χ4n) is 1.81. The van der Waals surface area contributed by atoms with Gasteiger partial charge in [-0.2, -0.15) is 22.0 Å². The normalized spacial score (nSPS) is 27.1. The monoisotopic (exact) mass is 254 g/mol. The van der Waals surface area contributed by atoms with Crippen molar-refractivity contribution >= 4 is 5.78 Å². The van der Waals surface area contributed by atoms with Crippen molar-refractivity contribution < 1.29 is 31.1 Å². The number of hydrogen-bond donors (Lipinski definition) is 0. The zero-order chi connectivity index (χ0) is 13.1. The SMILES string of the molecule is O=C1c2ccccc2C(F)(C(F)(F)F)C1(F)F. The van der Waals surface area contributed by atoms with Gasteiger partial charge in [-0.15, -0.1) is 0 Å². The van der Waals surface area contributed by atoms with Gasteiger partial charge in [0.15, 0.2) is 0 Å². The van der Waals surface area contributed by atoms with Gasteiger partial charge in [0.25, 0.3) is 0 Å². The number of halogens is 6. The van der Waals surface area contributed by atoms with Gasteiger partial charge in [-0.1, -0.05) is 24.3 Å². The van der Waals surface area contributed by atoms with Gasteiger partial charge in [-0.25, -0.2) is 4.39 Å². The molecule has 17 heavy (non-hydrogen) atoms.